The molecule has 30 heavy (non-hydrogen) atoms. The molecule has 2 aromatic carbocycles. The van der Waals surface area contributed by atoms with Gasteiger partial charge in [0, 0.05) is 0 Å². The second-order valence-corrected chi connectivity index (χ2v) is 6.97. The number of Topliss-reactive ketones (excluding diaryl/α,β-unsaturated/α-hetero) is 2. The van der Waals surface area contributed by atoms with E-state index in [0.29, 0.717) is 23.0 Å². The molecule has 0 saturated heterocycles. The molecule has 150 valence electrons. The molecule has 2 atom stereocenters. The summed E-state index contributed by atoms with van der Waals surface area (Å²) in [6.07, 6.45) is 0. The van der Waals surface area contributed by atoms with Gasteiger partial charge in [0.1, 0.15) is 0 Å². The summed E-state index contributed by atoms with van der Waals surface area (Å²) >= 11 is 0. The maximum Gasteiger partial charge on any atom is 0.231 e. The lowest BCUT2D eigenvalue weighted by Crippen LogP contribution is -2.56. The predicted molar refractivity (Wildman–Crippen MR) is 101 cm³/mol. The number of hydrogen-bond acceptors (Lipinski definition) is 8. The second kappa shape index (κ2) is 6.78. The van der Waals surface area contributed by atoms with Crippen LogP contribution in [0.2, 0.25) is 0 Å². The summed E-state index contributed by atoms with van der Waals surface area (Å²) in [5.41, 5.74) is -3.95. The van der Waals surface area contributed by atoms with Crippen molar-refractivity contribution in [3.63, 3.8) is 0 Å². The molecule has 2 heterocycles. The first-order chi connectivity index (χ1) is 14.4. The molecule has 0 N–H and O–H groups in total. The number of nitriles is 2. The van der Waals surface area contributed by atoms with E-state index in [0.717, 1.165) is 0 Å². The van der Waals surface area contributed by atoms with Gasteiger partial charge < -0.3 is 18.9 Å². The van der Waals surface area contributed by atoms with Crippen molar-refractivity contribution >= 4 is 11.6 Å². The molecule has 8 nitrogen and oxygen atoms in total. The molecule has 0 amide bonds. The zero-order chi connectivity index (χ0) is 21.5. The highest BCUT2D eigenvalue weighted by molar-refractivity contribution is 6.06. The molecule has 0 aromatic heterocycles. The van der Waals surface area contributed by atoms with Crippen LogP contribution >= 0.6 is 0 Å². The molecule has 0 fully saturated rings. The van der Waals surface area contributed by atoms with Gasteiger partial charge in [0.05, 0.1) is 12.1 Å². The molecule has 0 radical (unpaired) electrons. The van der Waals surface area contributed by atoms with Crippen molar-refractivity contribution in [2.45, 2.75) is 24.7 Å². The number of carbonyl (C=O) groups is 2. The summed E-state index contributed by atoms with van der Waals surface area (Å²) in [4.78, 5) is 26.1. The zero-order valence-corrected chi connectivity index (χ0v) is 16.2. The first kappa shape index (κ1) is 19.3. The molecule has 0 spiro atoms. The van der Waals surface area contributed by atoms with Crippen LogP contribution in [-0.2, 0) is 20.4 Å². The van der Waals surface area contributed by atoms with Gasteiger partial charge in [-0.2, -0.15) is 10.5 Å². The SMILES string of the molecule is CC(=O)C(C#N)(c1ccc2c(c1)OCO2)C(C#N)(C(C)=O)c1ccc2c(c1)OCO2. The number of rotatable bonds is 5. The summed E-state index contributed by atoms with van der Waals surface area (Å²) in [6.45, 7) is 2.37. The normalized spacial score (nSPS) is 17.2. The number of benzene rings is 2. The molecule has 0 saturated carbocycles. The Labute approximate surface area is 172 Å². The fourth-order valence-electron chi connectivity index (χ4n) is 4.08. The van der Waals surface area contributed by atoms with E-state index in [2.05, 4.69) is 0 Å². The maximum absolute atomic E-state index is 13.1. The van der Waals surface area contributed by atoms with E-state index in [1.165, 1.54) is 38.1 Å². The Morgan fingerprint density at radius 3 is 1.43 bits per heavy atom. The first-order valence-corrected chi connectivity index (χ1v) is 9.05. The Morgan fingerprint density at radius 1 is 0.733 bits per heavy atom. The molecule has 2 aromatic rings. The summed E-state index contributed by atoms with van der Waals surface area (Å²) in [7, 11) is 0. The average Bonchev–Trinajstić information content (AvgIpc) is 3.39. The van der Waals surface area contributed by atoms with Crippen molar-refractivity contribution < 1.29 is 28.5 Å². The van der Waals surface area contributed by atoms with Crippen LogP contribution in [0.5, 0.6) is 23.0 Å². The van der Waals surface area contributed by atoms with E-state index in [1.54, 1.807) is 12.1 Å². The Morgan fingerprint density at radius 2 is 1.10 bits per heavy atom. The van der Waals surface area contributed by atoms with Crippen LogP contribution in [0, 0.1) is 22.7 Å². The largest absolute Gasteiger partial charge is 0.454 e. The Bertz CT molecular complexity index is 1070. The smallest absolute Gasteiger partial charge is 0.231 e. The molecule has 2 aliphatic rings. The first-order valence-electron chi connectivity index (χ1n) is 9.05. The average molecular weight is 404 g/mol. The zero-order valence-electron chi connectivity index (χ0n) is 16.2. The van der Waals surface area contributed by atoms with E-state index >= 15 is 0 Å². The van der Waals surface area contributed by atoms with Gasteiger partial charge in [-0.15, -0.1) is 0 Å². The number of hydrogen-bond donors (Lipinski definition) is 0. The van der Waals surface area contributed by atoms with Crippen LogP contribution in [0.15, 0.2) is 36.4 Å². The molecular formula is C22H16N2O6. The minimum absolute atomic E-state index is 0.00330. The minimum atomic E-state index is -2.14. The van der Waals surface area contributed by atoms with Crippen molar-refractivity contribution in [2.75, 3.05) is 13.6 Å². The van der Waals surface area contributed by atoms with E-state index in [9.17, 15) is 20.1 Å². The van der Waals surface area contributed by atoms with Crippen molar-refractivity contribution in [1.82, 2.24) is 0 Å². The Hall–Kier alpha value is -4.04. The highest BCUT2D eigenvalue weighted by Crippen LogP contribution is 2.49. The number of ketones is 2. The lowest BCUT2D eigenvalue weighted by atomic mass is 9.55. The summed E-state index contributed by atoms with van der Waals surface area (Å²) in [5.74, 6) is 0.241. The van der Waals surface area contributed by atoms with Crippen LogP contribution < -0.4 is 18.9 Å². The predicted octanol–water partition coefficient (Wildman–Crippen LogP) is 2.54. The van der Waals surface area contributed by atoms with E-state index in [4.69, 9.17) is 18.9 Å². The third-order valence-electron chi connectivity index (χ3n) is 5.57. The topological polar surface area (TPSA) is 119 Å². The summed E-state index contributed by atoms with van der Waals surface area (Å²) in [6, 6.07) is 13.0. The van der Waals surface area contributed by atoms with Gasteiger partial charge in [-0.3, -0.25) is 9.59 Å². The van der Waals surface area contributed by atoms with Crippen molar-refractivity contribution in [3.8, 4) is 35.1 Å². The van der Waals surface area contributed by atoms with Crippen LogP contribution in [-0.4, -0.2) is 25.2 Å². The fourth-order valence-corrected chi connectivity index (χ4v) is 4.08. The maximum atomic E-state index is 13.1. The Kier molecular flexibility index (Phi) is 4.36. The second-order valence-electron chi connectivity index (χ2n) is 6.97. The highest BCUT2D eigenvalue weighted by Gasteiger charge is 2.62. The van der Waals surface area contributed by atoms with Gasteiger partial charge in [-0.05, 0) is 49.2 Å². The lowest BCUT2D eigenvalue weighted by molar-refractivity contribution is -0.130. The third kappa shape index (κ3) is 2.37. The molecule has 4 rings (SSSR count). The monoisotopic (exact) mass is 404 g/mol. The standard InChI is InChI=1S/C22H16N2O6/c1-13(25)21(9-23,15-3-5-17-19(7-15)29-11-27-17)22(10-24,14(2)26)16-4-6-18-20(8-16)30-12-28-18/h3-8H,11-12H2,1-2H3. The molecule has 2 unspecified atom stereocenters. The molecular weight excluding hydrogens is 388 g/mol. The van der Waals surface area contributed by atoms with Crippen molar-refractivity contribution in [1.29, 1.82) is 10.5 Å². The van der Waals surface area contributed by atoms with Crippen molar-refractivity contribution in [3.05, 3.63) is 47.5 Å². The Balaban J connectivity index is 2.04. The van der Waals surface area contributed by atoms with E-state index in [-0.39, 0.29) is 24.7 Å². The number of carbonyl (C=O) groups excluding carboxylic acids is 2. The van der Waals surface area contributed by atoms with E-state index < -0.39 is 22.4 Å². The van der Waals surface area contributed by atoms with Gasteiger partial charge in [0.25, 0.3) is 0 Å². The quantitative estimate of drug-likeness (QED) is 0.746. The molecule has 0 aliphatic carbocycles. The summed E-state index contributed by atoms with van der Waals surface area (Å²) in [5, 5.41) is 20.6. The van der Waals surface area contributed by atoms with Gasteiger partial charge in [-0.25, -0.2) is 0 Å². The molecule has 2 aliphatic heterocycles. The van der Waals surface area contributed by atoms with Gasteiger partial charge in [-0.1, -0.05) is 12.1 Å². The van der Waals surface area contributed by atoms with Gasteiger partial charge in [0.2, 0.25) is 13.6 Å². The van der Waals surface area contributed by atoms with Crippen LogP contribution in [0.4, 0.5) is 0 Å². The third-order valence-corrected chi connectivity index (χ3v) is 5.57. The number of ether oxygens (including phenoxy) is 4. The van der Waals surface area contributed by atoms with Crippen LogP contribution in [0.25, 0.3) is 0 Å². The minimum Gasteiger partial charge on any atom is -0.454 e. The molecule has 0 bridgehead atoms. The summed E-state index contributed by atoms with van der Waals surface area (Å²) < 4.78 is 21.4. The number of fused-ring (bicyclic) bond motifs is 2. The molecule has 8 heteroatoms. The van der Waals surface area contributed by atoms with Gasteiger partial charge >= 0.3 is 0 Å². The number of nitrogens with zero attached hydrogens (tertiary/aromatic N) is 2. The van der Waals surface area contributed by atoms with Crippen LogP contribution in [0.1, 0.15) is 25.0 Å². The lowest BCUT2D eigenvalue weighted by Gasteiger charge is -2.39. The van der Waals surface area contributed by atoms with E-state index in [1.807, 2.05) is 12.1 Å². The van der Waals surface area contributed by atoms with Gasteiger partial charge in [0.15, 0.2) is 45.4 Å². The highest BCUT2D eigenvalue weighted by atomic mass is 16.7. The van der Waals surface area contributed by atoms with Crippen LogP contribution in [0.3, 0.4) is 0 Å². The van der Waals surface area contributed by atoms with Crippen molar-refractivity contribution in [2.24, 2.45) is 0 Å². The fraction of sp³-hybridized carbons (Fsp3) is 0.273.